The molecule has 0 fully saturated rings. The van der Waals surface area contributed by atoms with Gasteiger partial charge in [-0.15, -0.1) is 0 Å². The summed E-state index contributed by atoms with van der Waals surface area (Å²) in [5, 5.41) is 0. The van der Waals surface area contributed by atoms with Gasteiger partial charge < -0.3 is 14.3 Å². The van der Waals surface area contributed by atoms with E-state index in [9.17, 15) is 4.79 Å². The number of aldehydes is 1. The van der Waals surface area contributed by atoms with Crippen molar-refractivity contribution in [1.29, 1.82) is 0 Å². The van der Waals surface area contributed by atoms with Gasteiger partial charge in [0.1, 0.15) is 30.5 Å². The summed E-state index contributed by atoms with van der Waals surface area (Å²) >= 11 is 0. The molecule has 0 N–H and O–H groups in total. The molecule has 1 atom stereocenters. The summed E-state index contributed by atoms with van der Waals surface area (Å²) in [7, 11) is 0. The maximum absolute atomic E-state index is 11.1. The van der Waals surface area contributed by atoms with Crippen molar-refractivity contribution < 1.29 is 14.3 Å². The molecule has 1 aliphatic heterocycles. The molecule has 2 aromatic rings. The third-order valence-electron chi connectivity index (χ3n) is 4.97. The molecule has 27 heavy (non-hydrogen) atoms. The first-order valence-corrected chi connectivity index (χ1v) is 9.46. The molecule has 2 aromatic carbocycles. The first kappa shape index (κ1) is 19.2. The quantitative estimate of drug-likeness (QED) is 0.602. The van der Waals surface area contributed by atoms with Gasteiger partial charge in [0.2, 0.25) is 0 Å². The molecule has 0 saturated heterocycles. The largest absolute Gasteiger partial charge is 0.486 e. The summed E-state index contributed by atoms with van der Waals surface area (Å²) in [6.07, 6.45) is 2.72. The Balaban J connectivity index is 1.56. The van der Waals surface area contributed by atoms with Gasteiger partial charge in [0, 0.05) is 11.8 Å². The summed E-state index contributed by atoms with van der Waals surface area (Å²) in [5.74, 6) is 1.73. The predicted octanol–water partition coefficient (Wildman–Crippen LogP) is 5.58. The van der Waals surface area contributed by atoms with Gasteiger partial charge in [-0.3, -0.25) is 0 Å². The van der Waals surface area contributed by atoms with E-state index >= 15 is 0 Å². The fraction of sp³-hybridized carbons (Fsp3) is 0.375. The maximum Gasteiger partial charge on any atom is 0.145 e. The molecular weight excluding hydrogens is 336 g/mol. The number of rotatable bonds is 7. The van der Waals surface area contributed by atoms with E-state index in [2.05, 4.69) is 38.1 Å². The number of ether oxygens (including phenoxy) is 2. The molecule has 0 spiro atoms. The van der Waals surface area contributed by atoms with Gasteiger partial charge in [-0.05, 0) is 49.1 Å². The van der Waals surface area contributed by atoms with Gasteiger partial charge in [-0.25, -0.2) is 0 Å². The van der Waals surface area contributed by atoms with Gasteiger partial charge >= 0.3 is 0 Å². The summed E-state index contributed by atoms with van der Waals surface area (Å²) in [4.78, 5) is 11.1. The highest BCUT2D eigenvalue weighted by Gasteiger charge is 2.25. The van der Waals surface area contributed by atoms with Crippen LogP contribution in [0, 0.1) is 12.3 Å². The molecule has 0 aromatic heterocycles. The Hall–Kier alpha value is -2.55. The minimum absolute atomic E-state index is 0.0807. The topological polar surface area (TPSA) is 35.5 Å². The highest BCUT2D eigenvalue weighted by Crippen LogP contribution is 2.36. The van der Waals surface area contributed by atoms with Crippen LogP contribution in [-0.2, 0) is 16.0 Å². The van der Waals surface area contributed by atoms with Crippen LogP contribution in [0.5, 0.6) is 5.75 Å². The van der Waals surface area contributed by atoms with E-state index in [1.54, 1.807) is 0 Å². The van der Waals surface area contributed by atoms with E-state index in [0.717, 1.165) is 36.2 Å². The third-order valence-corrected chi connectivity index (χ3v) is 4.97. The summed E-state index contributed by atoms with van der Waals surface area (Å²) in [5.41, 5.74) is 4.49. The fourth-order valence-corrected chi connectivity index (χ4v) is 3.25. The Bertz CT molecular complexity index is 814. The second kappa shape index (κ2) is 7.99. The Kier molecular flexibility index (Phi) is 5.69. The Morgan fingerprint density at radius 1 is 1.07 bits per heavy atom. The van der Waals surface area contributed by atoms with E-state index in [-0.39, 0.29) is 11.5 Å². The molecule has 0 radical (unpaired) electrons. The van der Waals surface area contributed by atoms with E-state index in [1.165, 1.54) is 16.7 Å². The van der Waals surface area contributed by atoms with Crippen molar-refractivity contribution >= 4 is 6.29 Å². The van der Waals surface area contributed by atoms with Crippen molar-refractivity contribution in [2.24, 2.45) is 5.41 Å². The van der Waals surface area contributed by atoms with Crippen LogP contribution in [0.4, 0.5) is 0 Å². The van der Waals surface area contributed by atoms with E-state index in [1.807, 2.05) is 38.1 Å². The van der Waals surface area contributed by atoms with Crippen LogP contribution in [0.1, 0.15) is 50.0 Å². The van der Waals surface area contributed by atoms with Gasteiger partial charge in [-0.2, -0.15) is 0 Å². The lowest BCUT2D eigenvalue weighted by atomic mass is 9.87. The van der Waals surface area contributed by atoms with Crippen LogP contribution in [0.2, 0.25) is 0 Å². The molecule has 1 heterocycles. The van der Waals surface area contributed by atoms with Gasteiger partial charge in [0.15, 0.2) is 0 Å². The van der Waals surface area contributed by atoms with Crippen molar-refractivity contribution in [2.45, 2.75) is 46.6 Å². The molecule has 0 aliphatic carbocycles. The van der Waals surface area contributed by atoms with E-state index in [0.29, 0.717) is 6.61 Å². The van der Waals surface area contributed by atoms with Crippen molar-refractivity contribution in [2.75, 3.05) is 6.61 Å². The molecule has 3 nitrogen and oxygen atoms in total. The second-order valence-corrected chi connectivity index (χ2v) is 8.14. The summed E-state index contributed by atoms with van der Waals surface area (Å²) in [6, 6.07) is 16.5. The van der Waals surface area contributed by atoms with E-state index in [4.69, 9.17) is 9.47 Å². The molecule has 3 rings (SSSR count). The number of carbonyl (C=O) groups is 1. The monoisotopic (exact) mass is 364 g/mol. The standard InChI is InChI=1S/C24H28O3/c1-17-5-9-20(10-6-17)22-13-18(2)23(27-22)15-26-21-11-7-19(8-12-21)14-24(3,4)16-25/h5-12,16,22H,13-15H2,1-4H3. The van der Waals surface area contributed by atoms with Gasteiger partial charge in [0.25, 0.3) is 0 Å². The minimum Gasteiger partial charge on any atom is -0.486 e. The average molecular weight is 364 g/mol. The lowest BCUT2D eigenvalue weighted by Gasteiger charge is -2.17. The first-order valence-electron chi connectivity index (χ1n) is 9.46. The molecular formula is C24H28O3. The van der Waals surface area contributed by atoms with Gasteiger partial charge in [-0.1, -0.05) is 55.8 Å². The number of carbonyl (C=O) groups excluding carboxylic acids is 1. The lowest BCUT2D eigenvalue weighted by molar-refractivity contribution is -0.114. The molecule has 142 valence electrons. The average Bonchev–Trinajstić information content (AvgIpc) is 3.02. The SMILES string of the molecule is CC1=C(COc2ccc(CC(C)(C)C=O)cc2)OC(c2ccc(C)cc2)C1. The predicted molar refractivity (Wildman–Crippen MR) is 108 cm³/mol. The molecule has 3 heteroatoms. The zero-order chi connectivity index (χ0) is 19.4. The zero-order valence-electron chi connectivity index (χ0n) is 16.6. The van der Waals surface area contributed by atoms with Crippen molar-refractivity contribution in [1.82, 2.24) is 0 Å². The molecule has 0 saturated carbocycles. The number of hydrogen-bond acceptors (Lipinski definition) is 3. The number of benzene rings is 2. The molecule has 1 unspecified atom stereocenters. The van der Waals surface area contributed by atoms with Crippen LogP contribution in [0.3, 0.4) is 0 Å². The van der Waals surface area contributed by atoms with Crippen molar-refractivity contribution in [3.8, 4) is 5.75 Å². The summed E-state index contributed by atoms with van der Waals surface area (Å²) < 4.78 is 12.1. The van der Waals surface area contributed by atoms with Crippen molar-refractivity contribution in [3.63, 3.8) is 0 Å². The number of hydrogen-bond donors (Lipinski definition) is 0. The Morgan fingerprint density at radius 2 is 1.74 bits per heavy atom. The second-order valence-electron chi connectivity index (χ2n) is 8.14. The molecule has 0 bridgehead atoms. The third kappa shape index (κ3) is 5.00. The molecule has 0 amide bonds. The highest BCUT2D eigenvalue weighted by atomic mass is 16.5. The maximum atomic E-state index is 11.1. The van der Waals surface area contributed by atoms with Crippen LogP contribution in [-0.4, -0.2) is 12.9 Å². The van der Waals surface area contributed by atoms with Crippen molar-refractivity contribution in [3.05, 3.63) is 76.6 Å². The smallest absolute Gasteiger partial charge is 0.145 e. The number of aryl methyl sites for hydroxylation is 1. The van der Waals surface area contributed by atoms with Crippen LogP contribution < -0.4 is 4.74 Å². The van der Waals surface area contributed by atoms with Crippen LogP contribution >= 0.6 is 0 Å². The highest BCUT2D eigenvalue weighted by molar-refractivity contribution is 5.58. The van der Waals surface area contributed by atoms with Crippen LogP contribution in [0.25, 0.3) is 0 Å². The summed E-state index contributed by atoms with van der Waals surface area (Å²) in [6.45, 7) is 8.53. The fourth-order valence-electron chi connectivity index (χ4n) is 3.25. The lowest BCUT2D eigenvalue weighted by Crippen LogP contribution is -2.16. The van der Waals surface area contributed by atoms with Gasteiger partial charge in [0.05, 0.1) is 0 Å². The Morgan fingerprint density at radius 3 is 2.37 bits per heavy atom. The normalized spacial score (nSPS) is 17.0. The molecule has 1 aliphatic rings. The minimum atomic E-state index is -0.340. The van der Waals surface area contributed by atoms with Crippen LogP contribution in [0.15, 0.2) is 59.9 Å². The zero-order valence-corrected chi connectivity index (χ0v) is 16.6. The Labute approximate surface area is 162 Å². The van der Waals surface area contributed by atoms with E-state index < -0.39 is 0 Å². The first-order chi connectivity index (χ1) is 12.9.